The van der Waals surface area contributed by atoms with Crippen LogP contribution in [0.1, 0.15) is 50.2 Å². The number of hydrogen-bond donors (Lipinski definition) is 2. The Hall–Kier alpha value is -3.66. The van der Waals surface area contributed by atoms with Crippen LogP contribution in [0.2, 0.25) is 0 Å². The van der Waals surface area contributed by atoms with Crippen LogP contribution in [-0.4, -0.2) is 81.7 Å². The number of phenols is 1. The Labute approximate surface area is 229 Å². The van der Waals surface area contributed by atoms with E-state index in [0.29, 0.717) is 6.54 Å². The lowest BCUT2D eigenvalue weighted by atomic mass is 9.98. The first-order chi connectivity index (χ1) is 18.8. The number of halogens is 1. The van der Waals surface area contributed by atoms with Gasteiger partial charge in [0.25, 0.3) is 0 Å². The average Bonchev–Trinajstić information content (AvgIpc) is 2.91. The molecule has 0 spiro atoms. The SMILES string of the molecule is CCCCCCCN1C[C@H]2N(C(=O)CN(C)N2C(=O)NCc2ccc(F)cc2)[C@@H](Cc2ccc(O)cc2)C1=O. The van der Waals surface area contributed by atoms with Gasteiger partial charge in [-0.25, -0.2) is 19.2 Å². The molecule has 0 radical (unpaired) electrons. The maximum atomic E-state index is 13.7. The van der Waals surface area contributed by atoms with E-state index in [-0.39, 0.29) is 49.4 Å². The number of amides is 4. The van der Waals surface area contributed by atoms with Crippen molar-refractivity contribution < 1.29 is 23.9 Å². The molecule has 2 aliphatic heterocycles. The largest absolute Gasteiger partial charge is 0.508 e. The average molecular weight is 540 g/mol. The number of phenolic OH excluding ortho intramolecular Hbond substituents is 1. The molecule has 0 saturated carbocycles. The van der Waals surface area contributed by atoms with E-state index >= 15 is 0 Å². The number of rotatable bonds is 10. The van der Waals surface area contributed by atoms with Crippen molar-refractivity contribution in [2.75, 3.05) is 26.7 Å². The minimum absolute atomic E-state index is 0.0448. The Balaban J connectivity index is 1.56. The molecule has 10 heteroatoms. The third-order valence-corrected chi connectivity index (χ3v) is 7.40. The van der Waals surface area contributed by atoms with Crippen molar-refractivity contribution in [2.24, 2.45) is 0 Å². The van der Waals surface area contributed by atoms with Crippen LogP contribution in [-0.2, 0) is 22.6 Å². The summed E-state index contributed by atoms with van der Waals surface area (Å²) in [7, 11) is 1.69. The lowest BCUT2D eigenvalue weighted by Gasteiger charge is -2.54. The number of benzene rings is 2. The highest BCUT2D eigenvalue weighted by molar-refractivity contribution is 5.91. The molecule has 4 amide bonds. The van der Waals surface area contributed by atoms with Crippen molar-refractivity contribution >= 4 is 17.8 Å². The molecular formula is C29H38FN5O4. The summed E-state index contributed by atoms with van der Waals surface area (Å²) in [5.74, 6) is -0.569. The molecule has 2 atom stereocenters. The van der Waals surface area contributed by atoms with E-state index in [2.05, 4.69) is 12.2 Å². The van der Waals surface area contributed by atoms with Crippen molar-refractivity contribution in [1.29, 1.82) is 0 Å². The highest BCUT2D eigenvalue weighted by Crippen LogP contribution is 2.28. The molecule has 0 aliphatic carbocycles. The second-order valence-corrected chi connectivity index (χ2v) is 10.3. The molecule has 2 aliphatic rings. The molecule has 0 aromatic heterocycles. The third-order valence-electron chi connectivity index (χ3n) is 7.40. The molecule has 2 heterocycles. The quantitative estimate of drug-likeness (QED) is 0.451. The van der Waals surface area contributed by atoms with Gasteiger partial charge in [0.05, 0.1) is 13.1 Å². The number of unbranched alkanes of at least 4 members (excludes halogenated alkanes) is 4. The predicted octanol–water partition coefficient (Wildman–Crippen LogP) is 3.48. The zero-order valence-electron chi connectivity index (χ0n) is 22.7. The second-order valence-electron chi connectivity index (χ2n) is 10.3. The number of nitrogens with zero attached hydrogens (tertiary/aromatic N) is 4. The fourth-order valence-corrected chi connectivity index (χ4v) is 5.33. The van der Waals surface area contributed by atoms with Crippen molar-refractivity contribution in [3.05, 3.63) is 65.5 Å². The van der Waals surface area contributed by atoms with Gasteiger partial charge >= 0.3 is 6.03 Å². The van der Waals surface area contributed by atoms with E-state index in [4.69, 9.17) is 0 Å². The van der Waals surface area contributed by atoms with Crippen molar-refractivity contribution in [2.45, 2.75) is 64.2 Å². The summed E-state index contributed by atoms with van der Waals surface area (Å²) in [6.07, 6.45) is 4.85. The Morgan fingerprint density at radius 3 is 2.36 bits per heavy atom. The van der Waals surface area contributed by atoms with Gasteiger partial charge in [-0.1, -0.05) is 56.9 Å². The molecule has 0 bridgehead atoms. The first-order valence-corrected chi connectivity index (χ1v) is 13.7. The first kappa shape index (κ1) is 28.4. The Kier molecular flexibility index (Phi) is 9.40. The zero-order valence-corrected chi connectivity index (χ0v) is 22.7. The Bertz CT molecular complexity index is 1140. The van der Waals surface area contributed by atoms with Gasteiger partial charge in [0.15, 0.2) is 0 Å². The standard InChI is InChI=1S/C29H38FN5O4/c1-3-4-5-6-7-16-33-19-26-34(25(28(33)38)17-21-10-14-24(36)15-11-21)27(37)20-32(2)35(26)29(39)31-18-22-8-12-23(30)13-9-22/h8-15,25-26,36H,3-7,16-20H2,1-2H3,(H,31,39)/t25-,26-/m0/s1. The van der Waals surface area contributed by atoms with E-state index < -0.39 is 18.2 Å². The highest BCUT2D eigenvalue weighted by Gasteiger charge is 2.50. The number of aromatic hydroxyl groups is 1. The summed E-state index contributed by atoms with van der Waals surface area (Å²) in [6, 6.07) is 11.4. The molecule has 2 fully saturated rings. The second kappa shape index (κ2) is 12.9. The normalized spacial score (nSPS) is 19.8. The topological polar surface area (TPSA) is 96.4 Å². The van der Waals surface area contributed by atoms with Crippen LogP contribution >= 0.6 is 0 Å². The van der Waals surface area contributed by atoms with Crippen LogP contribution in [0.15, 0.2) is 48.5 Å². The number of nitrogens with one attached hydrogen (secondary N) is 1. The fraction of sp³-hybridized carbons (Fsp3) is 0.483. The van der Waals surface area contributed by atoms with Crippen molar-refractivity contribution in [3.8, 4) is 5.75 Å². The van der Waals surface area contributed by atoms with E-state index in [1.807, 2.05) is 0 Å². The number of carbonyl (C=O) groups is 3. The van der Waals surface area contributed by atoms with Gasteiger partial charge in [-0.15, -0.1) is 0 Å². The van der Waals surface area contributed by atoms with Crippen LogP contribution in [0.5, 0.6) is 5.75 Å². The van der Waals surface area contributed by atoms with E-state index in [1.54, 1.807) is 58.3 Å². The highest BCUT2D eigenvalue weighted by atomic mass is 19.1. The molecule has 9 nitrogen and oxygen atoms in total. The summed E-state index contributed by atoms with van der Waals surface area (Å²) in [5, 5.41) is 15.7. The maximum absolute atomic E-state index is 13.7. The lowest BCUT2D eigenvalue weighted by Crippen LogP contribution is -2.76. The number of carbonyl (C=O) groups excluding carboxylic acids is 3. The molecule has 2 aromatic rings. The van der Waals surface area contributed by atoms with Gasteiger partial charge in [0.1, 0.15) is 23.8 Å². The van der Waals surface area contributed by atoms with Crippen LogP contribution in [0.3, 0.4) is 0 Å². The molecule has 210 valence electrons. The fourth-order valence-electron chi connectivity index (χ4n) is 5.33. The number of likely N-dealkylation sites (N-methyl/N-ethyl adjacent to an activating group) is 1. The molecule has 4 rings (SSSR count). The molecule has 2 saturated heterocycles. The lowest BCUT2D eigenvalue weighted by molar-refractivity contribution is -0.186. The smallest absolute Gasteiger partial charge is 0.334 e. The number of piperazine rings is 1. The molecule has 2 aromatic carbocycles. The van der Waals surface area contributed by atoms with Gasteiger partial charge in [-0.2, -0.15) is 0 Å². The van der Waals surface area contributed by atoms with Crippen LogP contribution in [0.25, 0.3) is 0 Å². The van der Waals surface area contributed by atoms with E-state index in [1.165, 1.54) is 17.1 Å². The minimum Gasteiger partial charge on any atom is -0.508 e. The van der Waals surface area contributed by atoms with Gasteiger partial charge in [0, 0.05) is 26.6 Å². The van der Waals surface area contributed by atoms with Crippen LogP contribution in [0, 0.1) is 5.82 Å². The number of urea groups is 1. The van der Waals surface area contributed by atoms with Gasteiger partial charge < -0.3 is 20.2 Å². The summed E-state index contributed by atoms with van der Waals surface area (Å²) in [6.45, 7) is 3.08. The first-order valence-electron chi connectivity index (χ1n) is 13.7. The van der Waals surface area contributed by atoms with Gasteiger partial charge in [-0.3, -0.25) is 9.59 Å². The summed E-state index contributed by atoms with van der Waals surface area (Å²) in [4.78, 5) is 43.9. The Morgan fingerprint density at radius 1 is 1.00 bits per heavy atom. The number of hydrogen-bond acceptors (Lipinski definition) is 5. The molecule has 2 N–H and O–H groups in total. The van der Waals surface area contributed by atoms with E-state index in [9.17, 15) is 23.9 Å². The minimum atomic E-state index is -0.766. The van der Waals surface area contributed by atoms with Gasteiger partial charge in [0.2, 0.25) is 11.8 Å². The third kappa shape index (κ3) is 6.86. The maximum Gasteiger partial charge on any atom is 0.334 e. The Morgan fingerprint density at radius 2 is 1.67 bits per heavy atom. The zero-order chi connectivity index (χ0) is 27.9. The summed E-state index contributed by atoms with van der Waals surface area (Å²) < 4.78 is 13.3. The summed E-state index contributed by atoms with van der Waals surface area (Å²) in [5.41, 5.74) is 1.56. The molecular weight excluding hydrogens is 501 g/mol. The monoisotopic (exact) mass is 539 g/mol. The van der Waals surface area contributed by atoms with Crippen LogP contribution < -0.4 is 5.32 Å². The molecule has 39 heavy (non-hydrogen) atoms. The number of hydrazine groups is 1. The summed E-state index contributed by atoms with van der Waals surface area (Å²) >= 11 is 0. The predicted molar refractivity (Wildman–Crippen MR) is 145 cm³/mol. The van der Waals surface area contributed by atoms with Crippen LogP contribution in [0.4, 0.5) is 9.18 Å². The van der Waals surface area contributed by atoms with Crippen molar-refractivity contribution in [3.63, 3.8) is 0 Å². The molecule has 0 unspecified atom stereocenters. The van der Waals surface area contributed by atoms with E-state index in [0.717, 1.165) is 43.2 Å². The van der Waals surface area contributed by atoms with Gasteiger partial charge in [-0.05, 0) is 41.8 Å². The van der Waals surface area contributed by atoms with Crippen molar-refractivity contribution in [1.82, 2.24) is 25.1 Å². The number of fused-ring (bicyclic) bond motifs is 1.